The van der Waals surface area contributed by atoms with E-state index in [1.807, 2.05) is 6.07 Å². The number of aliphatic hydroxyl groups is 1. The van der Waals surface area contributed by atoms with E-state index in [0.717, 1.165) is 0 Å². The smallest absolute Gasteiger partial charge is 0.269 e. The molecule has 0 radical (unpaired) electrons. The van der Waals surface area contributed by atoms with Gasteiger partial charge < -0.3 is 10.8 Å². The second-order valence-corrected chi connectivity index (χ2v) is 4.07. The van der Waals surface area contributed by atoms with Crippen LogP contribution in [0.3, 0.4) is 0 Å². The van der Waals surface area contributed by atoms with Gasteiger partial charge in [0.2, 0.25) is 0 Å². The summed E-state index contributed by atoms with van der Waals surface area (Å²) < 4.78 is 1.42. The fourth-order valence-corrected chi connectivity index (χ4v) is 1.75. The number of hydrogen-bond donors (Lipinski definition) is 2. The zero-order chi connectivity index (χ0) is 14.0. The molecule has 3 N–H and O–H groups in total. The zero-order valence-corrected chi connectivity index (χ0v) is 10.2. The molecular weight excluding hydrogens is 244 g/mol. The number of aliphatic hydroxyl groups excluding tert-OH is 1. The van der Waals surface area contributed by atoms with Crippen LogP contribution in [-0.2, 0) is 0 Å². The molecule has 19 heavy (non-hydrogen) atoms. The van der Waals surface area contributed by atoms with Crippen LogP contribution in [0.25, 0.3) is 5.69 Å². The van der Waals surface area contributed by atoms with Gasteiger partial charge in [-0.25, -0.2) is 4.68 Å². The van der Waals surface area contributed by atoms with Gasteiger partial charge in [0, 0.05) is 11.8 Å². The van der Waals surface area contributed by atoms with Crippen molar-refractivity contribution in [3.63, 3.8) is 0 Å². The highest BCUT2D eigenvalue weighted by Crippen LogP contribution is 2.22. The van der Waals surface area contributed by atoms with Crippen LogP contribution in [0, 0.1) is 11.3 Å². The summed E-state index contributed by atoms with van der Waals surface area (Å²) in [5.41, 5.74) is 6.86. The fraction of sp³-hybridized carbons (Fsp3) is 0.154. The number of hydrogen-bond acceptors (Lipinski definition) is 4. The van der Waals surface area contributed by atoms with Crippen LogP contribution in [0.4, 0.5) is 0 Å². The predicted octanol–water partition coefficient (Wildman–Crippen LogP) is 0.896. The highest BCUT2D eigenvalue weighted by atomic mass is 16.3. The number of amides is 1. The van der Waals surface area contributed by atoms with Crippen molar-refractivity contribution in [3.05, 3.63) is 47.3 Å². The minimum Gasteiger partial charge on any atom is -0.389 e. The Morgan fingerprint density at radius 1 is 1.53 bits per heavy atom. The van der Waals surface area contributed by atoms with Crippen LogP contribution in [-0.4, -0.2) is 20.8 Å². The van der Waals surface area contributed by atoms with Crippen LogP contribution < -0.4 is 5.73 Å². The molecular formula is C13H12N4O2. The Morgan fingerprint density at radius 2 is 2.26 bits per heavy atom. The molecule has 0 aliphatic heterocycles. The molecule has 0 saturated heterocycles. The molecule has 0 aliphatic rings. The van der Waals surface area contributed by atoms with Gasteiger partial charge in [-0.2, -0.15) is 10.4 Å². The molecule has 0 spiro atoms. The summed E-state index contributed by atoms with van der Waals surface area (Å²) in [4.78, 5) is 11.0. The summed E-state index contributed by atoms with van der Waals surface area (Å²) in [6.07, 6.45) is 0.839. The number of benzene rings is 1. The molecule has 1 aromatic heterocycles. The second kappa shape index (κ2) is 4.92. The van der Waals surface area contributed by atoms with Gasteiger partial charge in [0.15, 0.2) is 0 Å². The Balaban J connectivity index is 2.58. The zero-order valence-electron chi connectivity index (χ0n) is 10.2. The molecule has 0 fully saturated rings. The number of rotatable bonds is 3. The molecule has 2 aromatic rings. The summed E-state index contributed by atoms with van der Waals surface area (Å²) in [5, 5.41) is 22.7. The Bertz CT molecular complexity index is 668. The van der Waals surface area contributed by atoms with Gasteiger partial charge in [0.25, 0.3) is 5.91 Å². The molecule has 0 bridgehead atoms. The van der Waals surface area contributed by atoms with E-state index in [4.69, 9.17) is 11.0 Å². The van der Waals surface area contributed by atoms with E-state index in [-0.39, 0.29) is 5.69 Å². The molecule has 1 amide bonds. The number of nitrogens with two attached hydrogens (primary N) is 1. The maximum atomic E-state index is 11.0. The van der Waals surface area contributed by atoms with Crippen LogP contribution in [0.2, 0.25) is 0 Å². The number of nitriles is 1. The third-order valence-electron chi connectivity index (χ3n) is 2.70. The Hall–Kier alpha value is -2.65. The Kier molecular flexibility index (Phi) is 3.31. The molecule has 0 aliphatic carbocycles. The van der Waals surface area contributed by atoms with Crippen LogP contribution in [0.15, 0.2) is 30.5 Å². The number of carbonyl (C=O) groups excluding carboxylic acids is 1. The summed E-state index contributed by atoms with van der Waals surface area (Å²) in [5.74, 6) is -0.631. The van der Waals surface area contributed by atoms with E-state index >= 15 is 0 Å². The molecule has 6 heteroatoms. The van der Waals surface area contributed by atoms with E-state index in [1.54, 1.807) is 31.3 Å². The minimum atomic E-state index is -0.719. The molecule has 0 unspecified atom stereocenters. The summed E-state index contributed by atoms with van der Waals surface area (Å²) >= 11 is 0. The van der Waals surface area contributed by atoms with Crippen molar-refractivity contribution in [1.29, 1.82) is 5.26 Å². The van der Waals surface area contributed by atoms with Gasteiger partial charge in [-0.1, -0.05) is 6.07 Å². The van der Waals surface area contributed by atoms with Crippen LogP contribution >= 0.6 is 0 Å². The van der Waals surface area contributed by atoms with Crippen molar-refractivity contribution in [2.45, 2.75) is 13.0 Å². The van der Waals surface area contributed by atoms with E-state index in [9.17, 15) is 9.90 Å². The van der Waals surface area contributed by atoms with E-state index in [2.05, 4.69) is 5.10 Å². The Morgan fingerprint density at radius 3 is 2.79 bits per heavy atom. The third-order valence-corrected chi connectivity index (χ3v) is 2.70. The number of nitrogens with zero attached hydrogens (tertiary/aromatic N) is 3. The summed E-state index contributed by atoms with van der Waals surface area (Å²) in [7, 11) is 0. The first-order chi connectivity index (χ1) is 9.02. The SMILES string of the molecule is C[C@H](O)c1ccc(C#N)cc1-n1ccc(C(N)=O)n1. The fourth-order valence-electron chi connectivity index (χ4n) is 1.75. The Labute approximate surface area is 109 Å². The van der Waals surface area contributed by atoms with Gasteiger partial charge in [0.05, 0.1) is 23.4 Å². The standard InChI is InChI=1S/C13H12N4O2/c1-8(18)10-3-2-9(7-14)6-12(10)17-5-4-11(16-17)13(15)19/h2-6,8,18H,1H3,(H2,15,19)/t8-/m0/s1. The largest absolute Gasteiger partial charge is 0.389 e. The molecule has 1 aromatic carbocycles. The average molecular weight is 256 g/mol. The molecule has 6 nitrogen and oxygen atoms in total. The normalized spacial score (nSPS) is 11.8. The third kappa shape index (κ3) is 2.46. The maximum absolute atomic E-state index is 11.0. The lowest BCUT2D eigenvalue weighted by Crippen LogP contribution is -2.12. The molecule has 2 rings (SSSR count). The van der Waals surface area contributed by atoms with Crippen molar-refractivity contribution < 1.29 is 9.90 Å². The number of aromatic nitrogens is 2. The first kappa shape index (κ1) is 12.8. The minimum absolute atomic E-state index is 0.124. The van der Waals surface area contributed by atoms with Gasteiger partial charge in [0.1, 0.15) is 5.69 Å². The maximum Gasteiger partial charge on any atom is 0.269 e. The van der Waals surface area contributed by atoms with Crippen molar-refractivity contribution >= 4 is 5.91 Å². The lowest BCUT2D eigenvalue weighted by molar-refractivity contribution is 0.0995. The molecule has 0 saturated carbocycles. The number of carbonyl (C=O) groups is 1. The van der Waals surface area contributed by atoms with E-state index in [1.165, 1.54) is 10.7 Å². The van der Waals surface area contributed by atoms with Crippen LogP contribution in [0.5, 0.6) is 0 Å². The van der Waals surface area contributed by atoms with E-state index < -0.39 is 12.0 Å². The average Bonchev–Trinajstić information content (AvgIpc) is 2.87. The quantitative estimate of drug-likeness (QED) is 0.850. The molecule has 1 atom stereocenters. The highest BCUT2D eigenvalue weighted by Gasteiger charge is 2.13. The van der Waals surface area contributed by atoms with Gasteiger partial charge in [-0.05, 0) is 25.1 Å². The van der Waals surface area contributed by atoms with Crippen molar-refractivity contribution in [2.24, 2.45) is 5.73 Å². The first-order valence-electron chi connectivity index (χ1n) is 5.61. The van der Waals surface area contributed by atoms with Crippen molar-refractivity contribution in [2.75, 3.05) is 0 Å². The highest BCUT2D eigenvalue weighted by molar-refractivity contribution is 5.90. The monoisotopic (exact) mass is 256 g/mol. The van der Waals surface area contributed by atoms with Crippen molar-refractivity contribution in [3.8, 4) is 11.8 Å². The second-order valence-electron chi connectivity index (χ2n) is 4.07. The molecule has 1 heterocycles. The van der Waals surface area contributed by atoms with E-state index in [0.29, 0.717) is 16.8 Å². The van der Waals surface area contributed by atoms with Crippen LogP contribution in [0.1, 0.15) is 34.6 Å². The first-order valence-corrected chi connectivity index (χ1v) is 5.61. The lowest BCUT2D eigenvalue weighted by atomic mass is 10.1. The number of primary amides is 1. The summed E-state index contributed by atoms with van der Waals surface area (Å²) in [6.45, 7) is 1.61. The topological polar surface area (TPSA) is 105 Å². The van der Waals surface area contributed by atoms with Gasteiger partial charge in [-0.15, -0.1) is 0 Å². The van der Waals surface area contributed by atoms with Gasteiger partial charge in [-0.3, -0.25) is 4.79 Å². The van der Waals surface area contributed by atoms with Crippen molar-refractivity contribution in [1.82, 2.24) is 9.78 Å². The van der Waals surface area contributed by atoms with Gasteiger partial charge >= 0.3 is 0 Å². The predicted molar refractivity (Wildman–Crippen MR) is 67.4 cm³/mol. The lowest BCUT2D eigenvalue weighted by Gasteiger charge is -2.12. The molecule has 96 valence electrons. The summed E-state index contributed by atoms with van der Waals surface area (Å²) in [6, 6.07) is 8.37.